The monoisotopic (exact) mass is 295 g/mol. The second-order valence-corrected chi connectivity index (χ2v) is 4.72. The van der Waals surface area contributed by atoms with Crippen molar-refractivity contribution in [2.45, 2.75) is 6.92 Å². The van der Waals surface area contributed by atoms with Crippen LogP contribution in [0.15, 0.2) is 55.4 Å². The molecule has 2 N–H and O–H groups in total. The van der Waals surface area contributed by atoms with Crippen LogP contribution in [0.1, 0.15) is 27.6 Å². The molecule has 0 bridgehead atoms. The molecule has 0 radical (unpaired) electrons. The van der Waals surface area contributed by atoms with Crippen molar-refractivity contribution < 1.29 is 9.59 Å². The highest BCUT2D eigenvalue weighted by Gasteiger charge is 2.06. The third kappa shape index (κ3) is 4.02. The molecule has 0 atom stereocenters. The molecule has 1 aromatic heterocycles. The maximum atomic E-state index is 11.9. The van der Waals surface area contributed by atoms with E-state index in [2.05, 4.69) is 22.2 Å². The van der Waals surface area contributed by atoms with E-state index in [0.29, 0.717) is 23.4 Å². The summed E-state index contributed by atoms with van der Waals surface area (Å²) in [5.74, 6) is -0.215. The van der Waals surface area contributed by atoms with Crippen LogP contribution in [-0.2, 0) is 0 Å². The number of Topliss-reactive ketones (excluding diaryl/α,β-unsaturated/α-hetero) is 1. The van der Waals surface area contributed by atoms with Gasteiger partial charge in [-0.3, -0.25) is 14.6 Å². The number of hydrogen-bond donors (Lipinski definition) is 2. The molecule has 112 valence electrons. The number of ketones is 1. The Morgan fingerprint density at radius 3 is 2.68 bits per heavy atom. The fourth-order valence-corrected chi connectivity index (χ4v) is 1.88. The van der Waals surface area contributed by atoms with Gasteiger partial charge in [-0.15, -0.1) is 6.58 Å². The minimum Gasteiger partial charge on any atom is -0.354 e. The number of amides is 1. The van der Waals surface area contributed by atoms with Gasteiger partial charge in [-0.25, -0.2) is 0 Å². The summed E-state index contributed by atoms with van der Waals surface area (Å²) >= 11 is 0. The fourth-order valence-electron chi connectivity index (χ4n) is 1.88. The van der Waals surface area contributed by atoms with E-state index in [-0.39, 0.29) is 11.7 Å². The van der Waals surface area contributed by atoms with Crippen LogP contribution in [0.2, 0.25) is 0 Å². The van der Waals surface area contributed by atoms with Crippen LogP contribution in [0.25, 0.3) is 0 Å². The van der Waals surface area contributed by atoms with Gasteiger partial charge in [0, 0.05) is 24.0 Å². The van der Waals surface area contributed by atoms with Gasteiger partial charge in [0.15, 0.2) is 5.78 Å². The summed E-state index contributed by atoms with van der Waals surface area (Å²) in [4.78, 5) is 27.3. The lowest BCUT2D eigenvalue weighted by molar-refractivity contribution is 0.0956. The maximum absolute atomic E-state index is 11.9. The first-order valence-electron chi connectivity index (χ1n) is 6.82. The van der Waals surface area contributed by atoms with Gasteiger partial charge in [-0.2, -0.15) is 0 Å². The predicted molar refractivity (Wildman–Crippen MR) is 86.5 cm³/mol. The molecule has 0 fully saturated rings. The first-order valence-corrected chi connectivity index (χ1v) is 6.82. The molecule has 0 unspecified atom stereocenters. The Morgan fingerprint density at radius 2 is 1.95 bits per heavy atom. The summed E-state index contributed by atoms with van der Waals surface area (Å²) in [5.41, 5.74) is 2.51. The zero-order chi connectivity index (χ0) is 15.9. The predicted octanol–water partition coefficient (Wildman–Crippen LogP) is 2.94. The van der Waals surface area contributed by atoms with Crippen LogP contribution < -0.4 is 10.6 Å². The standard InChI is InChI=1S/C17H17N3O2/c1-3-7-19-17(22)14-9-16(11-18-10-14)20-15-6-4-5-13(8-15)12(2)21/h3-6,8-11,20H,1,7H2,2H3,(H,19,22). The van der Waals surface area contributed by atoms with E-state index in [9.17, 15) is 9.59 Å². The lowest BCUT2D eigenvalue weighted by atomic mass is 10.1. The average Bonchev–Trinajstić information content (AvgIpc) is 2.53. The molecule has 0 saturated heterocycles. The van der Waals surface area contributed by atoms with Crippen molar-refractivity contribution >= 4 is 23.1 Å². The van der Waals surface area contributed by atoms with Gasteiger partial charge in [0.2, 0.25) is 0 Å². The molecular weight excluding hydrogens is 278 g/mol. The number of rotatable bonds is 6. The molecule has 1 heterocycles. The van der Waals surface area contributed by atoms with E-state index in [0.717, 1.165) is 5.69 Å². The second-order valence-electron chi connectivity index (χ2n) is 4.72. The quantitative estimate of drug-likeness (QED) is 0.635. The Balaban J connectivity index is 2.16. The van der Waals surface area contributed by atoms with Crippen molar-refractivity contribution in [1.29, 1.82) is 0 Å². The normalized spacial score (nSPS) is 9.86. The van der Waals surface area contributed by atoms with E-state index in [1.54, 1.807) is 36.5 Å². The number of pyridine rings is 1. The van der Waals surface area contributed by atoms with Crippen LogP contribution in [0, 0.1) is 0 Å². The average molecular weight is 295 g/mol. The second kappa shape index (κ2) is 7.17. The Labute approximate surface area is 129 Å². The molecule has 0 aliphatic carbocycles. The Hall–Kier alpha value is -2.95. The highest BCUT2D eigenvalue weighted by molar-refractivity contribution is 5.96. The summed E-state index contributed by atoms with van der Waals surface area (Å²) in [6.07, 6.45) is 4.72. The highest BCUT2D eigenvalue weighted by atomic mass is 16.1. The molecule has 0 aliphatic rings. The van der Waals surface area contributed by atoms with Crippen molar-refractivity contribution in [3.05, 3.63) is 66.5 Å². The molecular formula is C17H17N3O2. The number of anilines is 2. The van der Waals surface area contributed by atoms with Gasteiger partial charge in [-0.1, -0.05) is 18.2 Å². The lowest BCUT2D eigenvalue weighted by Gasteiger charge is -2.09. The van der Waals surface area contributed by atoms with Crippen molar-refractivity contribution in [3.8, 4) is 0 Å². The number of hydrogen-bond acceptors (Lipinski definition) is 4. The smallest absolute Gasteiger partial charge is 0.253 e. The Kier molecular flexibility index (Phi) is 5.03. The minimum atomic E-state index is -0.214. The van der Waals surface area contributed by atoms with Crippen LogP contribution in [0.5, 0.6) is 0 Å². The molecule has 0 saturated carbocycles. The zero-order valence-corrected chi connectivity index (χ0v) is 12.3. The van der Waals surface area contributed by atoms with E-state index < -0.39 is 0 Å². The number of nitrogens with zero attached hydrogens (tertiary/aromatic N) is 1. The first kappa shape index (κ1) is 15.4. The first-order chi connectivity index (χ1) is 10.6. The van der Waals surface area contributed by atoms with Crippen LogP contribution in [0.4, 0.5) is 11.4 Å². The van der Waals surface area contributed by atoms with Crippen molar-refractivity contribution in [2.24, 2.45) is 0 Å². The summed E-state index contributed by atoms with van der Waals surface area (Å²) in [7, 11) is 0. The van der Waals surface area contributed by atoms with Crippen molar-refractivity contribution in [2.75, 3.05) is 11.9 Å². The largest absolute Gasteiger partial charge is 0.354 e. The SMILES string of the molecule is C=CCNC(=O)c1cncc(Nc2cccc(C(C)=O)c2)c1. The third-order valence-electron chi connectivity index (χ3n) is 2.97. The van der Waals surface area contributed by atoms with Crippen molar-refractivity contribution in [1.82, 2.24) is 10.3 Å². The lowest BCUT2D eigenvalue weighted by Crippen LogP contribution is -2.23. The number of carbonyl (C=O) groups is 2. The molecule has 2 aromatic rings. The molecule has 5 nitrogen and oxygen atoms in total. The van der Waals surface area contributed by atoms with Crippen LogP contribution in [0.3, 0.4) is 0 Å². The van der Waals surface area contributed by atoms with Gasteiger partial charge in [-0.05, 0) is 25.1 Å². The Bertz CT molecular complexity index is 711. The van der Waals surface area contributed by atoms with E-state index in [1.165, 1.54) is 13.1 Å². The topological polar surface area (TPSA) is 71.1 Å². The molecule has 5 heteroatoms. The number of carbonyl (C=O) groups excluding carboxylic acids is 2. The van der Waals surface area contributed by atoms with Gasteiger partial charge < -0.3 is 10.6 Å². The van der Waals surface area contributed by atoms with Crippen molar-refractivity contribution in [3.63, 3.8) is 0 Å². The third-order valence-corrected chi connectivity index (χ3v) is 2.97. The van der Waals surface area contributed by atoms with Gasteiger partial charge in [0.25, 0.3) is 5.91 Å². The number of nitrogens with one attached hydrogen (secondary N) is 2. The summed E-state index contributed by atoms with van der Waals surface area (Å²) in [5, 5.41) is 5.83. The fraction of sp³-hybridized carbons (Fsp3) is 0.118. The molecule has 22 heavy (non-hydrogen) atoms. The van der Waals surface area contributed by atoms with Gasteiger partial charge >= 0.3 is 0 Å². The summed E-state index contributed by atoms with van der Waals surface area (Å²) < 4.78 is 0. The molecule has 1 amide bonds. The zero-order valence-electron chi connectivity index (χ0n) is 12.3. The van der Waals surface area contributed by atoms with E-state index in [4.69, 9.17) is 0 Å². The number of benzene rings is 1. The van der Waals surface area contributed by atoms with Crippen LogP contribution >= 0.6 is 0 Å². The molecule has 1 aromatic carbocycles. The minimum absolute atomic E-state index is 0.000622. The highest BCUT2D eigenvalue weighted by Crippen LogP contribution is 2.18. The van der Waals surface area contributed by atoms with Gasteiger partial charge in [0.1, 0.15) is 0 Å². The summed E-state index contributed by atoms with van der Waals surface area (Å²) in [6, 6.07) is 8.85. The summed E-state index contributed by atoms with van der Waals surface area (Å²) in [6.45, 7) is 5.47. The van der Waals surface area contributed by atoms with Gasteiger partial charge in [0.05, 0.1) is 17.4 Å². The molecule has 2 rings (SSSR count). The van der Waals surface area contributed by atoms with E-state index in [1.807, 2.05) is 6.07 Å². The van der Waals surface area contributed by atoms with E-state index >= 15 is 0 Å². The Morgan fingerprint density at radius 1 is 1.18 bits per heavy atom. The number of aromatic nitrogens is 1. The molecule has 0 aliphatic heterocycles. The van der Waals surface area contributed by atoms with Crippen LogP contribution in [-0.4, -0.2) is 23.2 Å². The maximum Gasteiger partial charge on any atom is 0.253 e. The molecule has 0 spiro atoms.